The molecule has 1 N–H and O–H groups in total. The third kappa shape index (κ3) is 5.12. The van der Waals surface area contributed by atoms with Crippen molar-refractivity contribution in [3.63, 3.8) is 0 Å². The molecule has 0 radical (unpaired) electrons. The van der Waals surface area contributed by atoms with E-state index in [4.69, 9.17) is 58.0 Å². The number of alkyl halides is 2. The van der Waals surface area contributed by atoms with E-state index in [2.05, 4.69) is 5.32 Å². The van der Waals surface area contributed by atoms with Crippen LogP contribution in [-0.4, -0.2) is 22.3 Å². The Bertz CT molecular complexity index is 1290. The summed E-state index contributed by atoms with van der Waals surface area (Å²) in [5.74, 6) is -1.96. The van der Waals surface area contributed by atoms with E-state index in [-0.39, 0.29) is 22.8 Å². The van der Waals surface area contributed by atoms with Crippen molar-refractivity contribution >= 4 is 81.7 Å². The average molecular weight is 556 g/mol. The van der Waals surface area contributed by atoms with Gasteiger partial charge in [0.25, 0.3) is 0 Å². The van der Waals surface area contributed by atoms with Crippen molar-refractivity contribution in [3.8, 4) is 0 Å². The molecule has 2 atom stereocenters. The Morgan fingerprint density at radius 1 is 0.941 bits per heavy atom. The van der Waals surface area contributed by atoms with E-state index in [0.29, 0.717) is 38.7 Å². The summed E-state index contributed by atoms with van der Waals surface area (Å²) in [4.78, 5) is 37.1. The number of hydrogen-bond donors (Lipinski definition) is 1. The molecule has 1 saturated carbocycles. The van der Waals surface area contributed by atoms with Gasteiger partial charge in [0.05, 0.1) is 10.9 Å². The lowest BCUT2D eigenvalue weighted by Gasteiger charge is -2.10. The van der Waals surface area contributed by atoms with Gasteiger partial charge in [-0.25, -0.2) is 0 Å². The van der Waals surface area contributed by atoms with E-state index in [1.165, 1.54) is 12.1 Å². The van der Waals surface area contributed by atoms with E-state index in [1.54, 1.807) is 48.5 Å². The van der Waals surface area contributed by atoms with Crippen molar-refractivity contribution < 1.29 is 14.4 Å². The standard InChI is InChI=1S/C25H16Cl5NO3/c26-16-7-15(8-17(27)10-16)22-23(25(22,29)30)24(34)31-18-5-6-20(28)19(11-18)21(33)9-13-3-1-2-4-14(13)12-32/h1-8,10-12,22-23H,9H2,(H,31,34). The molecule has 3 aromatic rings. The van der Waals surface area contributed by atoms with Gasteiger partial charge in [0.1, 0.15) is 10.6 Å². The van der Waals surface area contributed by atoms with Crippen LogP contribution in [0.3, 0.4) is 0 Å². The van der Waals surface area contributed by atoms with E-state index >= 15 is 0 Å². The summed E-state index contributed by atoms with van der Waals surface area (Å²) in [6, 6.07) is 16.3. The molecule has 2 unspecified atom stereocenters. The fraction of sp³-hybridized carbons (Fsp3) is 0.160. The highest BCUT2D eigenvalue weighted by Gasteiger charge is 2.67. The van der Waals surface area contributed by atoms with Crippen LogP contribution in [0.1, 0.15) is 37.8 Å². The van der Waals surface area contributed by atoms with E-state index in [0.717, 1.165) is 0 Å². The molecule has 4 nitrogen and oxygen atoms in total. The molecule has 1 aliphatic rings. The molecule has 1 amide bonds. The first-order valence-corrected chi connectivity index (χ1v) is 12.0. The summed E-state index contributed by atoms with van der Waals surface area (Å²) >= 11 is 31.2. The van der Waals surface area contributed by atoms with Crippen LogP contribution >= 0.6 is 58.0 Å². The van der Waals surface area contributed by atoms with Gasteiger partial charge in [-0.3, -0.25) is 14.4 Å². The number of aldehydes is 1. The van der Waals surface area contributed by atoms with Gasteiger partial charge < -0.3 is 5.32 Å². The van der Waals surface area contributed by atoms with Crippen LogP contribution in [0.5, 0.6) is 0 Å². The van der Waals surface area contributed by atoms with Crippen molar-refractivity contribution in [3.05, 3.63) is 98.0 Å². The third-order valence-corrected chi connectivity index (χ3v) is 7.35. The Labute approximate surface area is 221 Å². The Balaban J connectivity index is 1.52. The largest absolute Gasteiger partial charge is 0.326 e. The summed E-state index contributed by atoms with van der Waals surface area (Å²) < 4.78 is -1.33. The first-order chi connectivity index (χ1) is 16.1. The van der Waals surface area contributed by atoms with E-state index in [9.17, 15) is 14.4 Å². The lowest BCUT2D eigenvalue weighted by molar-refractivity contribution is -0.117. The molecule has 0 saturated heterocycles. The van der Waals surface area contributed by atoms with Crippen molar-refractivity contribution in [1.82, 2.24) is 0 Å². The number of hydrogen-bond acceptors (Lipinski definition) is 3. The smallest absolute Gasteiger partial charge is 0.231 e. The number of Topliss-reactive ketones (excluding diaryl/α,β-unsaturated/α-hetero) is 1. The van der Waals surface area contributed by atoms with E-state index in [1.807, 2.05) is 0 Å². The number of carbonyl (C=O) groups excluding carboxylic acids is 3. The van der Waals surface area contributed by atoms with Crippen molar-refractivity contribution in [2.75, 3.05) is 5.32 Å². The number of carbonyl (C=O) groups is 3. The molecule has 0 heterocycles. The summed E-state index contributed by atoms with van der Waals surface area (Å²) in [6.45, 7) is 0. The molecule has 0 bridgehead atoms. The number of anilines is 1. The Morgan fingerprint density at radius 3 is 2.29 bits per heavy atom. The van der Waals surface area contributed by atoms with Gasteiger partial charge in [0.15, 0.2) is 5.78 Å². The van der Waals surface area contributed by atoms with Crippen LogP contribution in [0.2, 0.25) is 15.1 Å². The maximum atomic E-state index is 13.0. The number of nitrogens with one attached hydrogen (secondary N) is 1. The normalized spacial score (nSPS) is 18.3. The Morgan fingerprint density at radius 2 is 1.62 bits per heavy atom. The maximum absolute atomic E-state index is 13.0. The van der Waals surface area contributed by atoms with Crippen LogP contribution in [-0.2, 0) is 11.2 Å². The molecular formula is C25H16Cl5NO3. The van der Waals surface area contributed by atoms with Crippen LogP contribution in [0.15, 0.2) is 60.7 Å². The highest BCUT2D eigenvalue weighted by molar-refractivity contribution is 6.53. The molecular weight excluding hydrogens is 540 g/mol. The van der Waals surface area contributed by atoms with Gasteiger partial charge in [-0.15, -0.1) is 23.2 Å². The molecule has 0 spiro atoms. The molecule has 0 aliphatic heterocycles. The maximum Gasteiger partial charge on any atom is 0.231 e. The molecule has 0 aromatic heterocycles. The Hall–Kier alpha value is -2.08. The second-order valence-electron chi connectivity index (χ2n) is 7.93. The predicted octanol–water partition coefficient (Wildman–Crippen LogP) is 7.41. The van der Waals surface area contributed by atoms with E-state index < -0.39 is 22.1 Å². The van der Waals surface area contributed by atoms with Crippen molar-refractivity contribution in [1.29, 1.82) is 0 Å². The fourth-order valence-electron chi connectivity index (χ4n) is 3.94. The Kier molecular flexibility index (Phi) is 7.28. The van der Waals surface area contributed by atoms with Crippen molar-refractivity contribution in [2.45, 2.75) is 16.7 Å². The molecule has 4 rings (SSSR count). The van der Waals surface area contributed by atoms with Gasteiger partial charge in [0.2, 0.25) is 5.91 Å². The topological polar surface area (TPSA) is 63.2 Å². The quantitative estimate of drug-likeness (QED) is 0.188. The number of amides is 1. The molecule has 3 aromatic carbocycles. The van der Waals surface area contributed by atoms with Gasteiger partial charge in [-0.1, -0.05) is 59.1 Å². The lowest BCUT2D eigenvalue weighted by Crippen LogP contribution is -2.17. The number of ketones is 1. The van der Waals surface area contributed by atoms with Gasteiger partial charge >= 0.3 is 0 Å². The second-order valence-corrected chi connectivity index (χ2v) is 10.7. The lowest BCUT2D eigenvalue weighted by atomic mass is 9.99. The van der Waals surface area contributed by atoms with Crippen molar-refractivity contribution in [2.24, 2.45) is 5.92 Å². The van der Waals surface area contributed by atoms with Crippen LogP contribution in [0.25, 0.3) is 0 Å². The monoisotopic (exact) mass is 553 g/mol. The first-order valence-electron chi connectivity index (χ1n) is 10.1. The zero-order chi connectivity index (χ0) is 24.6. The zero-order valence-corrected chi connectivity index (χ0v) is 21.1. The molecule has 9 heteroatoms. The highest BCUT2D eigenvalue weighted by atomic mass is 35.5. The molecule has 34 heavy (non-hydrogen) atoms. The molecule has 174 valence electrons. The summed E-state index contributed by atoms with van der Waals surface area (Å²) in [5, 5.41) is 3.81. The third-order valence-electron chi connectivity index (χ3n) is 5.65. The summed E-state index contributed by atoms with van der Waals surface area (Å²) in [5.41, 5.74) is 2.25. The number of halogens is 5. The van der Waals surface area contributed by atoms with Crippen LogP contribution in [0, 0.1) is 5.92 Å². The van der Waals surface area contributed by atoms with Crippen LogP contribution < -0.4 is 5.32 Å². The van der Waals surface area contributed by atoms with Gasteiger partial charge in [0, 0.05) is 39.2 Å². The number of benzene rings is 3. The highest BCUT2D eigenvalue weighted by Crippen LogP contribution is 2.65. The summed E-state index contributed by atoms with van der Waals surface area (Å²) in [6.07, 6.45) is 0.684. The molecule has 1 fully saturated rings. The molecule has 1 aliphatic carbocycles. The predicted molar refractivity (Wildman–Crippen MR) is 137 cm³/mol. The average Bonchev–Trinajstić information content (AvgIpc) is 3.36. The zero-order valence-electron chi connectivity index (χ0n) is 17.3. The minimum atomic E-state index is -1.33. The summed E-state index contributed by atoms with van der Waals surface area (Å²) in [7, 11) is 0. The minimum Gasteiger partial charge on any atom is -0.326 e. The number of rotatable bonds is 7. The van der Waals surface area contributed by atoms with Gasteiger partial charge in [-0.05, 0) is 47.5 Å². The first kappa shape index (κ1) is 25.0. The second kappa shape index (κ2) is 9.88. The minimum absolute atomic E-state index is 0.0151. The SMILES string of the molecule is O=Cc1ccccc1CC(=O)c1cc(NC(=O)C2C(c3cc(Cl)cc(Cl)c3)C2(Cl)Cl)ccc1Cl. The fourth-order valence-corrected chi connectivity index (χ4v) is 5.53. The van der Waals surface area contributed by atoms with Crippen LogP contribution in [0.4, 0.5) is 5.69 Å². The van der Waals surface area contributed by atoms with Gasteiger partial charge in [-0.2, -0.15) is 0 Å².